The van der Waals surface area contributed by atoms with Gasteiger partial charge in [-0.25, -0.2) is 0 Å². The first-order chi connectivity index (χ1) is 13.1. The van der Waals surface area contributed by atoms with Gasteiger partial charge in [0, 0.05) is 24.0 Å². The molecule has 0 radical (unpaired) electrons. The maximum atomic E-state index is 12.2. The minimum absolute atomic E-state index is 0.0630. The number of fused-ring (bicyclic) bond motifs is 2. The lowest BCUT2D eigenvalue weighted by Crippen LogP contribution is -2.04. The molecule has 3 aromatic carbocycles. The molecule has 136 valence electrons. The van der Waals surface area contributed by atoms with E-state index in [1.54, 1.807) is 0 Å². The van der Waals surface area contributed by atoms with Crippen molar-refractivity contribution in [3.05, 3.63) is 65.7 Å². The van der Waals surface area contributed by atoms with E-state index in [1.165, 1.54) is 0 Å². The van der Waals surface area contributed by atoms with Crippen molar-refractivity contribution < 1.29 is 19.4 Å². The number of aryl methyl sites for hydroxylation is 1. The number of carboxylic acid groups (broad SMARTS) is 1. The summed E-state index contributed by atoms with van der Waals surface area (Å²) in [6.07, 6.45) is 1.78. The second-order valence-corrected chi connectivity index (χ2v) is 6.80. The van der Waals surface area contributed by atoms with E-state index in [9.17, 15) is 9.59 Å². The topological polar surface area (TPSA) is 63.6 Å². The summed E-state index contributed by atoms with van der Waals surface area (Å²) in [4.78, 5) is 22.9. The first kappa shape index (κ1) is 17.3. The van der Waals surface area contributed by atoms with Gasteiger partial charge in [0.25, 0.3) is 0 Å². The molecule has 0 atom stereocenters. The monoisotopic (exact) mass is 360 g/mol. The van der Waals surface area contributed by atoms with E-state index in [2.05, 4.69) is 30.3 Å². The number of carboxylic acids is 1. The Kier molecular flexibility index (Phi) is 4.63. The summed E-state index contributed by atoms with van der Waals surface area (Å²) in [6.45, 7) is 0.303. The highest BCUT2D eigenvalue weighted by Gasteiger charge is 2.23. The van der Waals surface area contributed by atoms with Crippen LogP contribution in [-0.2, 0) is 11.2 Å². The summed E-state index contributed by atoms with van der Waals surface area (Å²) in [5, 5.41) is 11.1. The fraction of sp³-hybridized carbons (Fsp3) is 0.217. The lowest BCUT2D eigenvalue weighted by atomic mass is 9.94. The summed E-state index contributed by atoms with van der Waals surface area (Å²) in [5.74, 6) is -0.0485. The van der Waals surface area contributed by atoms with Crippen LogP contribution in [-0.4, -0.2) is 23.5 Å². The third kappa shape index (κ3) is 3.43. The van der Waals surface area contributed by atoms with Gasteiger partial charge in [0.05, 0.1) is 6.61 Å². The zero-order chi connectivity index (χ0) is 18.8. The average molecular weight is 360 g/mol. The third-order valence-corrected chi connectivity index (χ3v) is 5.00. The van der Waals surface area contributed by atoms with Crippen molar-refractivity contribution in [2.75, 3.05) is 6.61 Å². The Morgan fingerprint density at radius 2 is 1.78 bits per heavy atom. The van der Waals surface area contributed by atoms with Crippen molar-refractivity contribution in [1.82, 2.24) is 0 Å². The quantitative estimate of drug-likeness (QED) is 0.637. The van der Waals surface area contributed by atoms with Gasteiger partial charge < -0.3 is 9.84 Å². The largest absolute Gasteiger partial charge is 0.493 e. The molecule has 0 unspecified atom stereocenters. The predicted octanol–water partition coefficient (Wildman–Crippen LogP) is 4.88. The first-order valence-corrected chi connectivity index (χ1v) is 9.16. The van der Waals surface area contributed by atoms with Crippen molar-refractivity contribution in [3.63, 3.8) is 0 Å². The number of carbonyl (C=O) groups is 2. The number of hydrogen-bond donors (Lipinski definition) is 1. The zero-order valence-electron chi connectivity index (χ0n) is 14.9. The Morgan fingerprint density at radius 3 is 2.63 bits per heavy atom. The third-order valence-electron chi connectivity index (χ3n) is 5.00. The van der Waals surface area contributed by atoms with Gasteiger partial charge in [-0.3, -0.25) is 9.59 Å². The predicted molar refractivity (Wildman–Crippen MR) is 104 cm³/mol. The van der Waals surface area contributed by atoms with Crippen LogP contribution in [0.15, 0.2) is 54.6 Å². The number of rotatable bonds is 6. The van der Waals surface area contributed by atoms with Crippen LogP contribution in [0.3, 0.4) is 0 Å². The van der Waals surface area contributed by atoms with Crippen molar-refractivity contribution in [2.45, 2.75) is 25.7 Å². The molecule has 1 aliphatic rings. The molecule has 1 aliphatic carbocycles. The molecule has 4 rings (SSSR count). The second-order valence-electron chi connectivity index (χ2n) is 6.80. The molecule has 0 heterocycles. The number of benzene rings is 3. The van der Waals surface area contributed by atoms with E-state index in [4.69, 9.17) is 9.84 Å². The fourth-order valence-electron chi connectivity index (χ4n) is 3.67. The number of ether oxygens (including phenoxy) is 1. The number of hydrogen-bond acceptors (Lipinski definition) is 3. The summed E-state index contributed by atoms with van der Waals surface area (Å²) < 4.78 is 5.95. The van der Waals surface area contributed by atoms with Crippen LogP contribution in [0.1, 0.15) is 35.2 Å². The van der Waals surface area contributed by atoms with Crippen LogP contribution in [0.2, 0.25) is 0 Å². The van der Waals surface area contributed by atoms with Gasteiger partial charge in [0.15, 0.2) is 5.78 Å². The highest BCUT2D eigenvalue weighted by atomic mass is 16.5. The molecule has 1 N–H and O–H groups in total. The molecule has 0 saturated carbocycles. The minimum Gasteiger partial charge on any atom is -0.493 e. The molecule has 0 saturated heterocycles. The van der Waals surface area contributed by atoms with Gasteiger partial charge in [0.2, 0.25) is 0 Å². The zero-order valence-corrected chi connectivity index (χ0v) is 14.9. The number of aliphatic carboxylic acids is 1. The standard InChI is InChI=1S/C23H20O4/c24-21-11-10-16-13-20(18-8-3-6-15-5-1-2-7-17(15)18)22(14-19(16)21)27-12-4-9-23(25)26/h1-3,5-8,13-14H,4,9-12H2,(H,25,26). The van der Waals surface area contributed by atoms with E-state index in [-0.39, 0.29) is 12.2 Å². The van der Waals surface area contributed by atoms with Crippen LogP contribution in [0.4, 0.5) is 0 Å². The van der Waals surface area contributed by atoms with Crippen LogP contribution in [0.25, 0.3) is 21.9 Å². The lowest BCUT2D eigenvalue weighted by molar-refractivity contribution is -0.137. The van der Waals surface area contributed by atoms with Gasteiger partial charge in [-0.2, -0.15) is 0 Å². The molecular weight excluding hydrogens is 340 g/mol. The molecule has 0 fully saturated rings. The Labute approximate surface area is 157 Å². The molecule has 0 spiro atoms. The number of ketones is 1. The summed E-state index contributed by atoms with van der Waals surface area (Å²) in [7, 11) is 0. The van der Waals surface area contributed by atoms with Crippen molar-refractivity contribution in [3.8, 4) is 16.9 Å². The normalized spacial score (nSPS) is 13.0. The molecule has 4 nitrogen and oxygen atoms in total. The molecule has 27 heavy (non-hydrogen) atoms. The van der Waals surface area contributed by atoms with Crippen LogP contribution >= 0.6 is 0 Å². The van der Waals surface area contributed by atoms with E-state index >= 15 is 0 Å². The Hall–Kier alpha value is -3.14. The van der Waals surface area contributed by atoms with Crippen LogP contribution in [0, 0.1) is 0 Å². The van der Waals surface area contributed by atoms with E-state index in [0.29, 0.717) is 25.2 Å². The van der Waals surface area contributed by atoms with Crippen molar-refractivity contribution in [1.29, 1.82) is 0 Å². The van der Waals surface area contributed by atoms with Gasteiger partial charge in [0.1, 0.15) is 5.75 Å². The maximum Gasteiger partial charge on any atom is 0.303 e. The Balaban J connectivity index is 1.78. The van der Waals surface area contributed by atoms with E-state index in [0.717, 1.165) is 39.4 Å². The van der Waals surface area contributed by atoms with Gasteiger partial charge >= 0.3 is 5.97 Å². The van der Waals surface area contributed by atoms with Gasteiger partial charge in [-0.05, 0) is 46.9 Å². The average Bonchev–Trinajstić information content (AvgIpc) is 3.04. The fourth-order valence-corrected chi connectivity index (χ4v) is 3.67. The Morgan fingerprint density at radius 1 is 0.963 bits per heavy atom. The highest BCUT2D eigenvalue weighted by Crippen LogP contribution is 2.39. The number of Topliss-reactive ketones (excluding diaryl/α,β-unsaturated/α-hetero) is 1. The summed E-state index contributed by atoms with van der Waals surface area (Å²) in [6, 6.07) is 18.2. The molecular formula is C23H20O4. The lowest BCUT2D eigenvalue weighted by Gasteiger charge is -2.15. The molecule has 0 aliphatic heterocycles. The summed E-state index contributed by atoms with van der Waals surface area (Å²) in [5.41, 5.74) is 3.80. The molecule has 0 aromatic heterocycles. The van der Waals surface area contributed by atoms with Crippen molar-refractivity contribution in [2.24, 2.45) is 0 Å². The minimum atomic E-state index is -0.836. The van der Waals surface area contributed by atoms with E-state index in [1.807, 2.05) is 24.3 Å². The van der Waals surface area contributed by atoms with Crippen LogP contribution < -0.4 is 4.74 Å². The summed E-state index contributed by atoms with van der Waals surface area (Å²) >= 11 is 0. The number of carbonyl (C=O) groups excluding carboxylic acids is 1. The van der Waals surface area contributed by atoms with E-state index < -0.39 is 5.97 Å². The highest BCUT2D eigenvalue weighted by molar-refractivity contribution is 6.03. The first-order valence-electron chi connectivity index (χ1n) is 9.16. The molecule has 0 amide bonds. The van der Waals surface area contributed by atoms with Crippen molar-refractivity contribution >= 4 is 22.5 Å². The smallest absolute Gasteiger partial charge is 0.303 e. The maximum absolute atomic E-state index is 12.2. The second kappa shape index (κ2) is 7.23. The van der Waals surface area contributed by atoms with Gasteiger partial charge in [-0.15, -0.1) is 0 Å². The molecule has 4 heteroatoms. The SMILES string of the molecule is O=C(O)CCCOc1cc2c(cc1-c1cccc3ccccc13)CCC2=O. The van der Waals surface area contributed by atoms with Crippen LogP contribution in [0.5, 0.6) is 5.75 Å². The Bertz CT molecular complexity index is 1030. The molecule has 3 aromatic rings. The molecule has 0 bridgehead atoms. The van der Waals surface area contributed by atoms with Gasteiger partial charge in [-0.1, -0.05) is 42.5 Å².